The van der Waals surface area contributed by atoms with E-state index in [0.29, 0.717) is 22.9 Å². The van der Waals surface area contributed by atoms with E-state index in [1.54, 1.807) is 18.3 Å². The Bertz CT molecular complexity index is 1050. The Labute approximate surface area is 179 Å². The Balaban J connectivity index is 1.84. The Kier molecular flexibility index (Phi) is 5.78. The van der Waals surface area contributed by atoms with Crippen molar-refractivity contribution in [2.75, 3.05) is 20.3 Å². The van der Waals surface area contributed by atoms with Crippen LogP contribution in [0.1, 0.15) is 33.8 Å². The smallest absolute Gasteiger partial charge is 0.339 e. The van der Waals surface area contributed by atoms with Gasteiger partial charge >= 0.3 is 5.97 Å². The molecule has 2 unspecified atom stereocenters. The molecule has 2 N–H and O–H groups in total. The average molecular weight is 423 g/mol. The molecule has 3 heterocycles. The summed E-state index contributed by atoms with van der Waals surface area (Å²) in [7, 11) is 1.37. The molecule has 0 bridgehead atoms. The van der Waals surface area contributed by atoms with E-state index in [2.05, 4.69) is 10.3 Å². The zero-order valence-corrected chi connectivity index (χ0v) is 17.2. The number of carbonyl (C=O) groups excluding carboxylic acids is 1. The van der Waals surface area contributed by atoms with Crippen LogP contribution in [-0.2, 0) is 4.74 Å². The van der Waals surface area contributed by atoms with Gasteiger partial charge in [-0.1, -0.05) is 18.2 Å². The Morgan fingerprint density at radius 2 is 2.00 bits per heavy atom. The second kappa shape index (κ2) is 8.64. The summed E-state index contributed by atoms with van der Waals surface area (Å²) in [6.45, 7) is 0.344. The highest BCUT2D eigenvalue weighted by molar-refractivity contribution is 7.80. The van der Waals surface area contributed by atoms with Crippen molar-refractivity contribution in [3.63, 3.8) is 0 Å². The van der Waals surface area contributed by atoms with Crippen molar-refractivity contribution < 1.29 is 14.6 Å². The van der Waals surface area contributed by atoms with E-state index in [4.69, 9.17) is 17.0 Å². The number of carbonyl (C=O) groups is 1. The molecule has 0 spiro atoms. The van der Waals surface area contributed by atoms with Crippen molar-refractivity contribution in [1.82, 2.24) is 19.8 Å². The van der Waals surface area contributed by atoms with Crippen LogP contribution in [0.5, 0.6) is 0 Å². The number of thiocarbonyl (C=S) groups is 1. The summed E-state index contributed by atoms with van der Waals surface area (Å²) in [5, 5.41) is 13.5. The molecule has 1 aliphatic rings. The van der Waals surface area contributed by atoms with Gasteiger partial charge in [0.05, 0.1) is 42.7 Å². The van der Waals surface area contributed by atoms with Crippen LogP contribution < -0.4 is 5.32 Å². The average Bonchev–Trinajstić information content (AvgIpc) is 3.38. The third-order valence-electron chi connectivity index (χ3n) is 5.19. The molecular formula is C22H22N4O3S. The first-order valence-electron chi connectivity index (χ1n) is 9.59. The summed E-state index contributed by atoms with van der Waals surface area (Å²) in [6, 6.07) is 16.6. The van der Waals surface area contributed by atoms with Crippen molar-refractivity contribution in [2.45, 2.75) is 12.1 Å². The molecule has 30 heavy (non-hydrogen) atoms. The number of para-hydroxylation sites is 1. The van der Waals surface area contributed by atoms with Crippen molar-refractivity contribution in [2.24, 2.45) is 0 Å². The maximum atomic E-state index is 12.3. The van der Waals surface area contributed by atoms with Crippen LogP contribution >= 0.6 is 12.2 Å². The SMILES string of the molecule is COC(=O)c1ccccc1-n1cccc1C1C(c2ccccn2)NC(=S)N1CCO. The molecule has 0 aliphatic carbocycles. The number of aromatic nitrogens is 2. The van der Waals surface area contributed by atoms with Gasteiger partial charge in [-0.3, -0.25) is 4.98 Å². The van der Waals surface area contributed by atoms with Gasteiger partial charge in [-0.25, -0.2) is 4.79 Å². The lowest BCUT2D eigenvalue weighted by molar-refractivity contribution is 0.0600. The zero-order chi connectivity index (χ0) is 21.1. The number of pyridine rings is 1. The normalized spacial score (nSPS) is 18.3. The topological polar surface area (TPSA) is 79.6 Å². The zero-order valence-electron chi connectivity index (χ0n) is 16.4. The van der Waals surface area contributed by atoms with Crippen LogP contribution in [0, 0.1) is 0 Å². The molecule has 8 heteroatoms. The predicted octanol–water partition coefficient (Wildman–Crippen LogP) is 2.62. The van der Waals surface area contributed by atoms with Gasteiger partial charge in [0.15, 0.2) is 5.11 Å². The molecule has 154 valence electrons. The van der Waals surface area contributed by atoms with Crippen LogP contribution in [0.25, 0.3) is 5.69 Å². The number of benzene rings is 1. The van der Waals surface area contributed by atoms with Gasteiger partial charge in [0, 0.05) is 24.6 Å². The van der Waals surface area contributed by atoms with E-state index in [1.165, 1.54) is 7.11 Å². The van der Waals surface area contributed by atoms with Gasteiger partial charge in [-0.2, -0.15) is 0 Å². The number of esters is 1. The summed E-state index contributed by atoms with van der Waals surface area (Å²) in [6.07, 6.45) is 3.66. The summed E-state index contributed by atoms with van der Waals surface area (Å²) >= 11 is 5.57. The molecule has 2 aromatic heterocycles. The molecule has 1 aromatic carbocycles. The number of hydrogen-bond donors (Lipinski definition) is 2. The first-order chi connectivity index (χ1) is 14.7. The summed E-state index contributed by atoms with van der Waals surface area (Å²) < 4.78 is 6.93. The highest BCUT2D eigenvalue weighted by Gasteiger charge is 2.41. The highest BCUT2D eigenvalue weighted by Crippen LogP contribution is 2.39. The molecule has 4 rings (SSSR count). The monoisotopic (exact) mass is 422 g/mol. The lowest BCUT2D eigenvalue weighted by atomic mass is 10.0. The quantitative estimate of drug-likeness (QED) is 0.467. The Morgan fingerprint density at radius 3 is 2.73 bits per heavy atom. The highest BCUT2D eigenvalue weighted by atomic mass is 32.1. The molecule has 1 fully saturated rings. The van der Waals surface area contributed by atoms with Crippen molar-refractivity contribution in [3.8, 4) is 5.69 Å². The maximum Gasteiger partial charge on any atom is 0.339 e. The number of rotatable bonds is 6. The molecular weight excluding hydrogens is 400 g/mol. The number of aliphatic hydroxyl groups excluding tert-OH is 1. The molecule has 1 saturated heterocycles. The van der Waals surface area contributed by atoms with Crippen LogP contribution in [0.3, 0.4) is 0 Å². The third kappa shape index (κ3) is 3.55. The van der Waals surface area contributed by atoms with Crippen LogP contribution in [0.15, 0.2) is 67.0 Å². The molecule has 0 radical (unpaired) electrons. The number of hydrogen-bond acceptors (Lipinski definition) is 5. The molecule has 2 atom stereocenters. The van der Waals surface area contributed by atoms with Gasteiger partial charge in [-0.15, -0.1) is 0 Å². The summed E-state index contributed by atoms with van der Waals surface area (Å²) in [4.78, 5) is 18.8. The minimum atomic E-state index is -0.404. The summed E-state index contributed by atoms with van der Waals surface area (Å²) in [5.41, 5.74) is 2.95. The minimum Gasteiger partial charge on any atom is -0.465 e. The largest absolute Gasteiger partial charge is 0.465 e. The van der Waals surface area contributed by atoms with Crippen LogP contribution in [0.4, 0.5) is 0 Å². The molecule has 0 amide bonds. The predicted molar refractivity (Wildman–Crippen MR) is 116 cm³/mol. The van der Waals surface area contributed by atoms with E-state index in [0.717, 1.165) is 11.4 Å². The number of nitrogens with zero attached hydrogens (tertiary/aromatic N) is 3. The fourth-order valence-electron chi connectivity index (χ4n) is 3.90. The second-order valence-electron chi connectivity index (χ2n) is 6.86. The molecule has 3 aromatic rings. The third-order valence-corrected chi connectivity index (χ3v) is 5.54. The van der Waals surface area contributed by atoms with E-state index < -0.39 is 5.97 Å². The molecule has 0 saturated carbocycles. The molecule has 7 nitrogen and oxygen atoms in total. The fraction of sp³-hybridized carbons (Fsp3) is 0.227. The Hall–Kier alpha value is -3.23. The van der Waals surface area contributed by atoms with Crippen LogP contribution in [0.2, 0.25) is 0 Å². The molecule has 1 aliphatic heterocycles. The van der Waals surface area contributed by atoms with Crippen molar-refractivity contribution in [1.29, 1.82) is 0 Å². The Morgan fingerprint density at radius 1 is 1.20 bits per heavy atom. The van der Waals surface area contributed by atoms with E-state index in [1.807, 2.05) is 58.1 Å². The number of nitrogens with one attached hydrogen (secondary N) is 1. The van der Waals surface area contributed by atoms with Gasteiger partial charge in [0.25, 0.3) is 0 Å². The number of β-amino-alcohol motifs (C(OH)–C–C–N with tert-alkyl or cyclic N) is 1. The van der Waals surface area contributed by atoms with E-state index >= 15 is 0 Å². The summed E-state index contributed by atoms with van der Waals surface area (Å²) in [5.74, 6) is -0.404. The fourth-order valence-corrected chi connectivity index (χ4v) is 4.23. The number of ether oxygens (including phenoxy) is 1. The van der Waals surface area contributed by atoms with Gasteiger partial charge in [-0.05, 0) is 48.6 Å². The van der Waals surface area contributed by atoms with Gasteiger partial charge < -0.3 is 24.6 Å². The van der Waals surface area contributed by atoms with Crippen LogP contribution in [-0.4, -0.2) is 50.9 Å². The van der Waals surface area contributed by atoms with E-state index in [9.17, 15) is 9.90 Å². The van der Waals surface area contributed by atoms with Gasteiger partial charge in [0.2, 0.25) is 0 Å². The first kappa shape index (κ1) is 20.1. The lowest BCUT2D eigenvalue weighted by Gasteiger charge is -2.28. The number of aliphatic hydroxyl groups is 1. The van der Waals surface area contributed by atoms with Crippen molar-refractivity contribution >= 4 is 23.3 Å². The lowest BCUT2D eigenvalue weighted by Crippen LogP contribution is -2.33. The second-order valence-corrected chi connectivity index (χ2v) is 7.24. The van der Waals surface area contributed by atoms with E-state index in [-0.39, 0.29) is 18.7 Å². The first-order valence-corrected chi connectivity index (χ1v) is 10.0. The number of methoxy groups -OCH3 is 1. The van der Waals surface area contributed by atoms with Crippen molar-refractivity contribution in [3.05, 3.63) is 83.9 Å². The minimum absolute atomic E-state index is 0.0350. The van der Waals surface area contributed by atoms with Gasteiger partial charge in [0.1, 0.15) is 0 Å². The standard InChI is InChI=1S/C22H22N4O3S/c1-29-21(28)15-7-2-3-9-17(15)25-12-6-10-18(25)20-19(16-8-4-5-11-23-16)24-22(30)26(20)13-14-27/h2-12,19-20,27H,13-14H2,1H3,(H,24,30). The maximum absolute atomic E-state index is 12.3.